The highest BCUT2D eigenvalue weighted by molar-refractivity contribution is 7.13. The molecular formula is C18H19N5O3S. The third kappa shape index (κ3) is 4.03. The molecular weight excluding hydrogens is 366 g/mol. The standard InChI is InChI=1S/C18H19N5O3S/c1-4-5-16-19-12(3)17(27-16)18(24)20-15-10-11(2)21-22(15)13-6-8-14(9-7-13)23(25)26/h6-10H,4-5H2,1-3H3,(H,20,24). The summed E-state index contributed by atoms with van der Waals surface area (Å²) in [5.74, 6) is 0.256. The molecule has 9 heteroatoms. The molecule has 0 spiro atoms. The highest BCUT2D eigenvalue weighted by Crippen LogP contribution is 2.23. The van der Waals surface area contributed by atoms with Crippen LogP contribution in [0.4, 0.5) is 11.5 Å². The Bertz CT molecular complexity index is 991. The second-order valence-corrected chi connectivity index (χ2v) is 7.17. The lowest BCUT2D eigenvalue weighted by atomic mass is 10.3. The van der Waals surface area contributed by atoms with E-state index in [4.69, 9.17) is 0 Å². The molecule has 3 rings (SSSR count). The van der Waals surface area contributed by atoms with E-state index in [-0.39, 0.29) is 11.6 Å². The van der Waals surface area contributed by atoms with Gasteiger partial charge in [-0.2, -0.15) is 5.10 Å². The van der Waals surface area contributed by atoms with Crippen molar-refractivity contribution in [3.05, 3.63) is 61.7 Å². The summed E-state index contributed by atoms with van der Waals surface area (Å²) < 4.78 is 1.56. The van der Waals surface area contributed by atoms with Gasteiger partial charge in [0.15, 0.2) is 0 Å². The molecule has 0 saturated heterocycles. The minimum atomic E-state index is -0.457. The normalized spacial score (nSPS) is 10.8. The molecule has 0 unspecified atom stereocenters. The first-order valence-corrected chi connectivity index (χ1v) is 9.30. The van der Waals surface area contributed by atoms with Crippen LogP contribution in [0.3, 0.4) is 0 Å². The van der Waals surface area contributed by atoms with Gasteiger partial charge < -0.3 is 5.32 Å². The molecule has 0 fully saturated rings. The summed E-state index contributed by atoms with van der Waals surface area (Å²) in [7, 11) is 0. The van der Waals surface area contributed by atoms with Crippen LogP contribution < -0.4 is 5.32 Å². The van der Waals surface area contributed by atoms with E-state index in [0.717, 1.165) is 23.5 Å². The molecule has 1 aromatic carbocycles. The molecule has 2 aromatic heterocycles. The number of nitrogens with zero attached hydrogens (tertiary/aromatic N) is 4. The number of thiazole rings is 1. The van der Waals surface area contributed by atoms with Crippen LogP contribution in [0.15, 0.2) is 30.3 Å². The SMILES string of the molecule is CCCc1nc(C)c(C(=O)Nc2cc(C)nn2-c2ccc([N+](=O)[O-])cc2)s1. The van der Waals surface area contributed by atoms with Gasteiger partial charge in [0.2, 0.25) is 0 Å². The van der Waals surface area contributed by atoms with E-state index in [1.807, 2.05) is 13.8 Å². The summed E-state index contributed by atoms with van der Waals surface area (Å²) in [6.07, 6.45) is 1.82. The predicted octanol–water partition coefficient (Wildman–Crippen LogP) is 4.06. The van der Waals surface area contributed by atoms with Gasteiger partial charge in [0.1, 0.15) is 10.7 Å². The number of aromatic nitrogens is 3. The van der Waals surface area contributed by atoms with Gasteiger partial charge in [-0.1, -0.05) is 6.92 Å². The van der Waals surface area contributed by atoms with Crippen molar-refractivity contribution in [2.75, 3.05) is 5.32 Å². The lowest BCUT2D eigenvalue weighted by Gasteiger charge is -2.08. The fraction of sp³-hybridized carbons (Fsp3) is 0.278. The molecule has 140 valence electrons. The third-order valence-electron chi connectivity index (χ3n) is 3.89. The van der Waals surface area contributed by atoms with E-state index in [0.29, 0.717) is 22.1 Å². The Morgan fingerprint density at radius 2 is 2.00 bits per heavy atom. The van der Waals surface area contributed by atoms with E-state index in [1.165, 1.54) is 23.5 Å². The number of amides is 1. The Kier molecular flexibility index (Phi) is 5.31. The minimum absolute atomic E-state index is 0.00282. The van der Waals surface area contributed by atoms with Crippen molar-refractivity contribution in [3.8, 4) is 5.69 Å². The molecule has 0 aliphatic carbocycles. The van der Waals surface area contributed by atoms with E-state index >= 15 is 0 Å². The zero-order valence-corrected chi connectivity index (χ0v) is 16.0. The lowest BCUT2D eigenvalue weighted by Crippen LogP contribution is -2.15. The lowest BCUT2D eigenvalue weighted by molar-refractivity contribution is -0.384. The number of anilines is 1. The van der Waals surface area contributed by atoms with Crippen molar-refractivity contribution in [2.45, 2.75) is 33.6 Å². The fourth-order valence-electron chi connectivity index (χ4n) is 2.66. The Balaban J connectivity index is 1.88. The molecule has 0 aliphatic heterocycles. The number of hydrogen-bond acceptors (Lipinski definition) is 6. The Labute approximate surface area is 160 Å². The quantitative estimate of drug-likeness (QED) is 0.509. The number of aryl methyl sites for hydroxylation is 3. The summed E-state index contributed by atoms with van der Waals surface area (Å²) in [5, 5.41) is 19.0. The predicted molar refractivity (Wildman–Crippen MR) is 104 cm³/mol. The van der Waals surface area contributed by atoms with Crippen molar-refractivity contribution in [1.29, 1.82) is 0 Å². The van der Waals surface area contributed by atoms with Gasteiger partial charge in [0.05, 0.1) is 27.0 Å². The van der Waals surface area contributed by atoms with Crippen LogP contribution in [-0.2, 0) is 6.42 Å². The van der Waals surface area contributed by atoms with Crippen molar-refractivity contribution < 1.29 is 9.72 Å². The smallest absolute Gasteiger partial charge is 0.269 e. The summed E-state index contributed by atoms with van der Waals surface area (Å²) in [6, 6.07) is 7.75. The fourth-order valence-corrected chi connectivity index (χ4v) is 3.72. The number of carbonyl (C=O) groups is 1. The largest absolute Gasteiger partial charge is 0.306 e. The molecule has 8 nitrogen and oxygen atoms in total. The number of nitro benzene ring substituents is 1. The molecule has 3 aromatic rings. The van der Waals surface area contributed by atoms with Crippen molar-refractivity contribution in [2.24, 2.45) is 0 Å². The van der Waals surface area contributed by atoms with Crippen LogP contribution in [-0.4, -0.2) is 25.6 Å². The number of nitrogens with one attached hydrogen (secondary N) is 1. The zero-order chi connectivity index (χ0) is 19.6. The first-order chi connectivity index (χ1) is 12.9. The molecule has 0 radical (unpaired) electrons. The topological polar surface area (TPSA) is 103 Å². The molecule has 0 saturated carbocycles. The van der Waals surface area contributed by atoms with E-state index in [9.17, 15) is 14.9 Å². The second-order valence-electron chi connectivity index (χ2n) is 6.08. The average molecular weight is 385 g/mol. The number of non-ortho nitro benzene ring substituents is 1. The molecule has 27 heavy (non-hydrogen) atoms. The zero-order valence-electron chi connectivity index (χ0n) is 15.2. The van der Waals surface area contributed by atoms with Crippen LogP contribution >= 0.6 is 11.3 Å². The van der Waals surface area contributed by atoms with Gasteiger partial charge in [0.25, 0.3) is 11.6 Å². The third-order valence-corrected chi connectivity index (χ3v) is 5.11. The monoisotopic (exact) mass is 385 g/mol. The molecule has 2 heterocycles. The maximum absolute atomic E-state index is 12.7. The van der Waals surface area contributed by atoms with E-state index in [2.05, 4.69) is 22.3 Å². The van der Waals surface area contributed by atoms with Crippen LogP contribution in [0.5, 0.6) is 0 Å². The minimum Gasteiger partial charge on any atom is -0.306 e. The number of rotatable bonds is 6. The maximum atomic E-state index is 12.7. The van der Waals surface area contributed by atoms with Gasteiger partial charge in [-0.25, -0.2) is 9.67 Å². The van der Waals surface area contributed by atoms with Crippen LogP contribution in [0.1, 0.15) is 39.4 Å². The highest BCUT2D eigenvalue weighted by atomic mass is 32.1. The Hall–Kier alpha value is -3.07. The molecule has 1 amide bonds. The number of carbonyl (C=O) groups excluding carboxylic acids is 1. The van der Waals surface area contributed by atoms with Gasteiger partial charge in [-0.3, -0.25) is 14.9 Å². The average Bonchev–Trinajstić information content (AvgIpc) is 3.17. The number of benzene rings is 1. The van der Waals surface area contributed by atoms with Gasteiger partial charge in [0, 0.05) is 18.2 Å². The maximum Gasteiger partial charge on any atom is 0.269 e. The van der Waals surface area contributed by atoms with E-state index < -0.39 is 4.92 Å². The summed E-state index contributed by atoms with van der Waals surface area (Å²) in [5.41, 5.74) is 2.05. The second kappa shape index (κ2) is 7.67. The molecule has 1 N–H and O–H groups in total. The first kappa shape index (κ1) is 18.7. The summed E-state index contributed by atoms with van der Waals surface area (Å²) in [6.45, 7) is 5.71. The van der Waals surface area contributed by atoms with E-state index in [1.54, 1.807) is 22.9 Å². The van der Waals surface area contributed by atoms with Gasteiger partial charge in [-0.15, -0.1) is 11.3 Å². The summed E-state index contributed by atoms with van der Waals surface area (Å²) in [4.78, 5) is 28.1. The van der Waals surface area contributed by atoms with Crippen LogP contribution in [0.25, 0.3) is 5.69 Å². The number of nitro groups is 1. The van der Waals surface area contributed by atoms with Crippen molar-refractivity contribution in [3.63, 3.8) is 0 Å². The van der Waals surface area contributed by atoms with Crippen LogP contribution in [0, 0.1) is 24.0 Å². The Morgan fingerprint density at radius 1 is 1.30 bits per heavy atom. The van der Waals surface area contributed by atoms with Crippen molar-refractivity contribution in [1.82, 2.24) is 14.8 Å². The first-order valence-electron chi connectivity index (χ1n) is 8.48. The summed E-state index contributed by atoms with van der Waals surface area (Å²) >= 11 is 1.40. The highest BCUT2D eigenvalue weighted by Gasteiger charge is 2.18. The molecule has 0 aliphatic rings. The molecule has 0 atom stereocenters. The molecule has 0 bridgehead atoms. The van der Waals surface area contributed by atoms with Crippen LogP contribution in [0.2, 0.25) is 0 Å². The number of hydrogen-bond donors (Lipinski definition) is 1. The van der Waals surface area contributed by atoms with Gasteiger partial charge >= 0.3 is 0 Å². The van der Waals surface area contributed by atoms with Gasteiger partial charge in [-0.05, 0) is 38.8 Å². The van der Waals surface area contributed by atoms with Crippen molar-refractivity contribution >= 4 is 28.7 Å². The Morgan fingerprint density at radius 3 is 2.63 bits per heavy atom.